The van der Waals surface area contributed by atoms with E-state index in [-0.39, 0.29) is 45.5 Å². The number of ether oxygens (including phenoxy) is 3. The molecule has 6 aliphatic rings. The third-order valence-electron chi connectivity index (χ3n) is 9.24. The Hall–Kier alpha value is -0.950. The zero-order valence-electron chi connectivity index (χ0n) is 17.4. The molecule has 0 N–H and O–H groups in total. The lowest BCUT2D eigenvalue weighted by Gasteiger charge is -2.55. The Labute approximate surface area is 176 Å². The van der Waals surface area contributed by atoms with E-state index in [1.807, 2.05) is 19.9 Å². The van der Waals surface area contributed by atoms with Gasteiger partial charge in [0.05, 0.1) is 12.2 Å². The van der Waals surface area contributed by atoms with Gasteiger partial charge in [0.2, 0.25) is 5.12 Å². The minimum Gasteiger partial charge on any atom is -0.364 e. The summed E-state index contributed by atoms with van der Waals surface area (Å²) in [6.45, 7) is 8.18. The van der Waals surface area contributed by atoms with Crippen molar-refractivity contribution in [2.24, 2.45) is 22.7 Å². The molecule has 0 aromatic carbocycles. The second-order valence-corrected chi connectivity index (χ2v) is 11.2. The van der Waals surface area contributed by atoms with E-state index in [0.717, 1.165) is 25.7 Å². The topological polar surface area (TPSA) is 65.1 Å². The van der Waals surface area contributed by atoms with Crippen molar-refractivity contribution < 1.29 is 23.8 Å². The number of carbonyl (C=O) groups is 2. The Morgan fingerprint density at radius 2 is 1.90 bits per heavy atom. The van der Waals surface area contributed by atoms with Gasteiger partial charge < -0.3 is 14.2 Å². The maximum absolute atomic E-state index is 13.0. The van der Waals surface area contributed by atoms with Crippen LogP contribution in [-0.4, -0.2) is 40.1 Å². The largest absolute Gasteiger partial charge is 0.364 e. The van der Waals surface area contributed by atoms with Gasteiger partial charge in [0.25, 0.3) is 0 Å². The molecule has 6 rings (SSSR count). The van der Waals surface area contributed by atoms with E-state index >= 15 is 0 Å². The van der Waals surface area contributed by atoms with Crippen molar-refractivity contribution >= 4 is 23.5 Å². The van der Waals surface area contributed by atoms with Gasteiger partial charge in [-0.3, -0.25) is 9.59 Å². The lowest BCUT2D eigenvalue weighted by Crippen LogP contribution is -2.62. The summed E-state index contributed by atoms with van der Waals surface area (Å²) in [5, 5.41) is -0.225. The summed E-state index contributed by atoms with van der Waals surface area (Å²) in [7, 11) is 0. The lowest BCUT2D eigenvalue weighted by molar-refractivity contribution is -0.206. The molecule has 0 aromatic rings. The Balaban J connectivity index is 1.46. The van der Waals surface area contributed by atoms with Crippen molar-refractivity contribution in [3.05, 3.63) is 23.8 Å². The molecule has 0 radical (unpaired) electrons. The van der Waals surface area contributed by atoms with Gasteiger partial charge in [-0.1, -0.05) is 18.6 Å². The second-order valence-electron chi connectivity index (χ2n) is 10.8. The molecule has 1 spiro atoms. The number of fused-ring (bicyclic) bond motifs is 5. The van der Waals surface area contributed by atoms with Crippen molar-refractivity contribution in [1.29, 1.82) is 0 Å². The molecule has 5 fully saturated rings. The van der Waals surface area contributed by atoms with Gasteiger partial charge in [-0.05, 0) is 70.4 Å². The number of hydrogen-bond acceptors (Lipinski definition) is 5. The van der Waals surface area contributed by atoms with E-state index in [2.05, 4.69) is 32.6 Å². The average molecular weight is 417 g/mol. The third-order valence-corrected chi connectivity index (χ3v) is 9.58. The predicted octanol–water partition coefficient (Wildman–Crippen LogP) is 3.38. The van der Waals surface area contributed by atoms with Crippen LogP contribution in [0.25, 0.3) is 0 Å². The molecule has 3 saturated carbocycles. The molecule has 8 atom stereocenters. The van der Waals surface area contributed by atoms with Crippen LogP contribution in [0.3, 0.4) is 0 Å². The van der Waals surface area contributed by atoms with Gasteiger partial charge in [-0.2, -0.15) is 0 Å². The summed E-state index contributed by atoms with van der Waals surface area (Å²) >= 11 is 4.33. The van der Waals surface area contributed by atoms with Crippen LogP contribution in [0.15, 0.2) is 23.8 Å². The summed E-state index contributed by atoms with van der Waals surface area (Å²) < 4.78 is 19.2. The van der Waals surface area contributed by atoms with Gasteiger partial charge in [0.1, 0.15) is 5.60 Å². The first-order valence-corrected chi connectivity index (χ1v) is 11.2. The van der Waals surface area contributed by atoms with E-state index in [0.29, 0.717) is 5.92 Å². The fourth-order valence-corrected chi connectivity index (χ4v) is 8.56. The van der Waals surface area contributed by atoms with Crippen LogP contribution in [0.4, 0.5) is 0 Å². The van der Waals surface area contributed by atoms with E-state index in [4.69, 9.17) is 14.2 Å². The number of allylic oxidation sites excluding steroid dienone is 2. The molecular weight excluding hydrogens is 388 g/mol. The molecule has 4 aliphatic carbocycles. The summed E-state index contributed by atoms with van der Waals surface area (Å²) in [6.07, 6.45) is 8.75. The average Bonchev–Trinajstić information content (AvgIpc) is 3.19. The van der Waals surface area contributed by atoms with Crippen LogP contribution in [0, 0.1) is 22.7 Å². The summed E-state index contributed by atoms with van der Waals surface area (Å²) in [4.78, 5) is 25.0. The minimum atomic E-state index is -1.03. The molecule has 0 amide bonds. The molecule has 6 heteroatoms. The monoisotopic (exact) mass is 416 g/mol. The van der Waals surface area contributed by atoms with Gasteiger partial charge in [0, 0.05) is 10.8 Å². The van der Waals surface area contributed by atoms with Crippen molar-refractivity contribution in [3.63, 3.8) is 0 Å². The molecule has 4 unspecified atom stereocenters. The fraction of sp³-hybridized carbons (Fsp3) is 0.739. The maximum atomic E-state index is 13.0. The first-order chi connectivity index (χ1) is 13.5. The summed E-state index contributed by atoms with van der Waals surface area (Å²) in [5.41, 5.74) is -0.761. The molecule has 29 heavy (non-hydrogen) atoms. The number of hydrogen-bond donors (Lipinski definition) is 1. The summed E-state index contributed by atoms with van der Waals surface area (Å²) in [5.74, 6) is -0.166. The lowest BCUT2D eigenvalue weighted by atomic mass is 9.47. The van der Waals surface area contributed by atoms with Crippen molar-refractivity contribution in [1.82, 2.24) is 0 Å². The number of rotatable bonds is 1. The third kappa shape index (κ3) is 1.88. The molecule has 2 aliphatic heterocycles. The Kier molecular flexibility index (Phi) is 3.30. The molecular formula is C23H28O5S. The van der Waals surface area contributed by atoms with Gasteiger partial charge in [-0.25, -0.2) is 0 Å². The molecule has 156 valence electrons. The fourth-order valence-electron chi connectivity index (χ4n) is 8.12. The van der Waals surface area contributed by atoms with Gasteiger partial charge in [0.15, 0.2) is 17.2 Å². The van der Waals surface area contributed by atoms with Crippen LogP contribution in [-0.2, 0) is 23.8 Å². The van der Waals surface area contributed by atoms with Gasteiger partial charge >= 0.3 is 0 Å². The van der Waals surface area contributed by atoms with Crippen LogP contribution in [0.1, 0.15) is 53.4 Å². The molecule has 5 nitrogen and oxygen atoms in total. The quantitative estimate of drug-likeness (QED) is 0.524. The molecule has 0 bridgehead atoms. The first kappa shape index (κ1) is 18.8. The predicted molar refractivity (Wildman–Crippen MR) is 108 cm³/mol. The highest BCUT2D eigenvalue weighted by molar-refractivity contribution is 7.96. The highest BCUT2D eigenvalue weighted by Crippen LogP contribution is 2.77. The zero-order valence-corrected chi connectivity index (χ0v) is 18.3. The van der Waals surface area contributed by atoms with Crippen LogP contribution in [0.5, 0.6) is 0 Å². The maximum Gasteiger partial charge on any atom is 0.221 e. The highest BCUT2D eigenvalue weighted by Gasteiger charge is 2.84. The SMILES string of the molecule is CC1(C)O[C@@H]2CC3C4CCC5=CC(=O)C=CC5(C)[C@@]45O[C@H]5CC3(C)[C@]2(C(=O)S)O1. The number of ketones is 1. The standard InChI is InChI=1S/C23H28O5S/c1-19(2)26-16-10-15-14-6-5-12-9-13(24)7-8-20(12,3)22(14)17(27-22)11-21(15,4)23(16,28-19)18(25)29/h7-9,14-17H,5-6,10-11H2,1-4H3,(H,25,29)/t14?,15?,16-,17+,20?,21?,22-,23+/m1/s1. The second kappa shape index (κ2) is 5.09. The molecule has 2 heterocycles. The number of thiol groups is 1. The highest BCUT2D eigenvalue weighted by atomic mass is 32.1. The van der Waals surface area contributed by atoms with Crippen molar-refractivity contribution in [2.45, 2.75) is 82.6 Å². The van der Waals surface area contributed by atoms with E-state index in [9.17, 15) is 9.59 Å². The van der Waals surface area contributed by atoms with Crippen molar-refractivity contribution in [2.75, 3.05) is 0 Å². The first-order valence-electron chi connectivity index (χ1n) is 10.7. The summed E-state index contributed by atoms with van der Waals surface area (Å²) in [6, 6.07) is 0. The molecule has 0 aromatic heterocycles. The normalized spacial score (nSPS) is 55.9. The van der Waals surface area contributed by atoms with Crippen molar-refractivity contribution in [3.8, 4) is 0 Å². The number of epoxide rings is 1. The Morgan fingerprint density at radius 3 is 2.62 bits per heavy atom. The van der Waals surface area contributed by atoms with Gasteiger partial charge in [-0.15, -0.1) is 12.6 Å². The minimum absolute atomic E-state index is 0.0518. The van der Waals surface area contributed by atoms with Crippen LogP contribution >= 0.6 is 12.6 Å². The van der Waals surface area contributed by atoms with Crippen LogP contribution < -0.4 is 0 Å². The Bertz CT molecular complexity index is 922. The molecule has 2 saturated heterocycles. The van der Waals surface area contributed by atoms with Crippen LogP contribution in [0.2, 0.25) is 0 Å². The zero-order chi connectivity index (χ0) is 20.6. The smallest absolute Gasteiger partial charge is 0.221 e. The van der Waals surface area contributed by atoms with E-state index < -0.39 is 11.4 Å². The Morgan fingerprint density at radius 1 is 1.14 bits per heavy atom. The number of carbonyl (C=O) groups excluding carboxylic acids is 2. The van der Waals surface area contributed by atoms with E-state index in [1.165, 1.54) is 5.57 Å². The van der Waals surface area contributed by atoms with E-state index in [1.54, 1.807) is 6.08 Å².